The van der Waals surface area contributed by atoms with Crippen LogP contribution in [0.2, 0.25) is 0 Å². The summed E-state index contributed by atoms with van der Waals surface area (Å²) in [6.45, 7) is 20.2. The minimum absolute atomic E-state index is 0. The minimum atomic E-state index is -0.00627. The number of fused-ring (bicyclic) bond motifs is 3. The summed E-state index contributed by atoms with van der Waals surface area (Å²) in [4.78, 5) is 4.84. The Morgan fingerprint density at radius 1 is 0.830 bits per heavy atom. The number of aryl methyl sites for hydroxylation is 2. The molecular formula is C47H50N4OPt. The van der Waals surface area contributed by atoms with Crippen LogP contribution in [0.5, 0.6) is 11.5 Å². The van der Waals surface area contributed by atoms with Crippen molar-refractivity contribution in [3.05, 3.63) is 131 Å². The van der Waals surface area contributed by atoms with Gasteiger partial charge in [-0.3, -0.25) is 4.68 Å². The Kier molecular flexibility index (Phi) is 11.2. The number of hydrogen-bond donors (Lipinski definition) is 0. The van der Waals surface area contributed by atoms with E-state index in [9.17, 15) is 0 Å². The Labute approximate surface area is 329 Å². The molecule has 7 rings (SSSR count). The Balaban J connectivity index is 0.00000481. The second-order valence-electron chi connectivity index (χ2n) is 15.8. The van der Waals surface area contributed by atoms with E-state index in [1.165, 1.54) is 33.4 Å². The second kappa shape index (κ2) is 15.5. The van der Waals surface area contributed by atoms with E-state index < -0.39 is 0 Å². The summed E-state index contributed by atoms with van der Waals surface area (Å²) in [5, 5.41) is 7.16. The van der Waals surface area contributed by atoms with E-state index in [1.54, 1.807) is 0 Å². The van der Waals surface area contributed by atoms with Crippen molar-refractivity contribution in [3.63, 3.8) is 0 Å². The molecule has 6 heteroatoms. The third-order valence-corrected chi connectivity index (χ3v) is 10.0. The smallest absolute Gasteiger partial charge is 0.509 e. The van der Waals surface area contributed by atoms with Gasteiger partial charge in [0.2, 0.25) is 0 Å². The van der Waals surface area contributed by atoms with Crippen LogP contribution in [0.4, 0.5) is 0 Å². The fourth-order valence-electron chi connectivity index (χ4n) is 7.26. The van der Waals surface area contributed by atoms with Crippen molar-refractivity contribution in [2.45, 2.75) is 98.8 Å². The zero-order valence-electron chi connectivity index (χ0n) is 32.4. The van der Waals surface area contributed by atoms with E-state index in [-0.39, 0.29) is 26.5 Å². The number of hydrogen-bond acceptors (Lipinski definition) is 3. The average molecular weight is 882 g/mol. The van der Waals surface area contributed by atoms with Crippen molar-refractivity contribution >= 4 is 21.8 Å². The van der Waals surface area contributed by atoms with Gasteiger partial charge in [0.15, 0.2) is 0 Å². The maximum atomic E-state index is 6.65. The maximum Gasteiger partial charge on any atom is 2.00 e. The van der Waals surface area contributed by atoms with Gasteiger partial charge in [0.05, 0.1) is 6.20 Å². The molecule has 0 atom stereocenters. The number of pyridine rings is 1. The summed E-state index contributed by atoms with van der Waals surface area (Å²) < 4.78 is 10.8. The predicted octanol–water partition coefficient (Wildman–Crippen LogP) is 12.6. The zero-order valence-corrected chi connectivity index (χ0v) is 34.7. The van der Waals surface area contributed by atoms with E-state index in [0.29, 0.717) is 23.3 Å². The van der Waals surface area contributed by atoms with E-state index >= 15 is 0 Å². The van der Waals surface area contributed by atoms with Gasteiger partial charge < -0.3 is 9.30 Å². The van der Waals surface area contributed by atoms with Gasteiger partial charge in [-0.15, -0.1) is 35.7 Å². The molecule has 0 fully saturated rings. The number of rotatable bonds is 10. The molecule has 0 N–H and O–H groups in total. The Morgan fingerprint density at radius 3 is 2.26 bits per heavy atom. The molecule has 5 nitrogen and oxygen atoms in total. The standard InChI is InChI=1S/C47H50N4O.Pt/c1-10-11-14-33-23-36(50-29-34(28-49-50)46-41(30(2)3)21-32(6)22-42(46)31(4)5)26-38(24-33)52-37-17-18-40-39-15-12-13-16-43(39)51(44(40)27-37)45-25-35(19-20-48-45)47(7,8)9;/h12-13,15-25,28-31H,10-11,14H2,1-9H3;/q-2;+2. The normalized spacial score (nSPS) is 11.9. The van der Waals surface area contributed by atoms with Gasteiger partial charge in [-0.05, 0) is 75.7 Å². The molecule has 274 valence electrons. The molecule has 3 aromatic heterocycles. The zero-order chi connectivity index (χ0) is 36.7. The number of ether oxygens (including phenoxy) is 1. The van der Waals surface area contributed by atoms with Crippen LogP contribution in [-0.4, -0.2) is 19.3 Å². The van der Waals surface area contributed by atoms with Crippen LogP contribution >= 0.6 is 0 Å². The van der Waals surface area contributed by atoms with Crippen LogP contribution in [0.25, 0.3) is 44.4 Å². The van der Waals surface area contributed by atoms with Crippen molar-refractivity contribution in [3.8, 4) is 34.1 Å². The topological polar surface area (TPSA) is 44.9 Å². The SMILES string of the molecule is CCCCc1cc(Oc2[c-]c3c(cc2)c2ccccc2n3-c2cc(C(C)(C)C)ccn2)[c-]c(-n2cc(-c3c(C(C)C)cc(C)cc3C(C)C)cn2)c1.[Pt+2]. The van der Waals surface area contributed by atoms with E-state index in [1.807, 2.05) is 23.1 Å². The summed E-state index contributed by atoms with van der Waals surface area (Å²) in [6.07, 6.45) is 9.20. The number of aromatic nitrogens is 4. The van der Waals surface area contributed by atoms with Crippen molar-refractivity contribution < 1.29 is 25.8 Å². The number of para-hydroxylation sites is 1. The average Bonchev–Trinajstić information content (AvgIpc) is 3.73. The van der Waals surface area contributed by atoms with E-state index in [0.717, 1.165) is 58.1 Å². The second-order valence-corrected chi connectivity index (χ2v) is 15.8. The van der Waals surface area contributed by atoms with Crippen molar-refractivity contribution in [2.24, 2.45) is 0 Å². The van der Waals surface area contributed by atoms with Gasteiger partial charge in [-0.1, -0.05) is 116 Å². The first-order valence-electron chi connectivity index (χ1n) is 18.8. The van der Waals surface area contributed by atoms with Crippen molar-refractivity contribution in [1.29, 1.82) is 0 Å². The first-order valence-corrected chi connectivity index (χ1v) is 18.8. The molecule has 0 aliphatic heterocycles. The van der Waals surface area contributed by atoms with Gasteiger partial charge in [0, 0.05) is 35.0 Å². The summed E-state index contributed by atoms with van der Waals surface area (Å²) >= 11 is 0. The molecule has 0 saturated carbocycles. The summed E-state index contributed by atoms with van der Waals surface area (Å²) in [7, 11) is 0. The number of unbranched alkanes of at least 4 members (excludes halogenated alkanes) is 1. The first kappa shape index (κ1) is 38.3. The molecule has 7 aromatic rings. The predicted molar refractivity (Wildman–Crippen MR) is 216 cm³/mol. The monoisotopic (exact) mass is 881 g/mol. The molecule has 0 bridgehead atoms. The quantitative estimate of drug-likeness (QED) is 0.129. The molecule has 0 aliphatic carbocycles. The van der Waals surface area contributed by atoms with Crippen molar-refractivity contribution in [2.75, 3.05) is 0 Å². The number of nitrogens with zero attached hydrogens (tertiary/aromatic N) is 4. The third-order valence-electron chi connectivity index (χ3n) is 10.0. The Bertz CT molecular complexity index is 2360. The molecule has 53 heavy (non-hydrogen) atoms. The van der Waals surface area contributed by atoms with Crippen molar-refractivity contribution in [1.82, 2.24) is 19.3 Å². The molecule has 0 aliphatic rings. The molecule has 0 radical (unpaired) electrons. The summed E-state index contributed by atoms with van der Waals surface area (Å²) in [5.41, 5.74) is 11.7. The molecular weight excluding hydrogens is 832 g/mol. The molecule has 0 saturated heterocycles. The van der Waals surface area contributed by atoms with Crippen LogP contribution in [0, 0.1) is 19.1 Å². The molecule has 0 unspecified atom stereocenters. The van der Waals surface area contributed by atoms with E-state index in [4.69, 9.17) is 14.8 Å². The molecule has 4 aromatic carbocycles. The largest absolute Gasteiger partial charge is 2.00 e. The summed E-state index contributed by atoms with van der Waals surface area (Å²) in [5.74, 6) is 2.93. The van der Waals surface area contributed by atoms with Gasteiger partial charge >= 0.3 is 21.1 Å². The van der Waals surface area contributed by atoms with Crippen LogP contribution in [0.1, 0.15) is 108 Å². The van der Waals surface area contributed by atoms with Crippen LogP contribution < -0.4 is 4.74 Å². The van der Waals surface area contributed by atoms with Gasteiger partial charge in [0.25, 0.3) is 0 Å². The van der Waals surface area contributed by atoms with Crippen LogP contribution in [-0.2, 0) is 32.9 Å². The fourth-order valence-corrected chi connectivity index (χ4v) is 7.26. The van der Waals surface area contributed by atoms with Crippen LogP contribution in [0.3, 0.4) is 0 Å². The Morgan fingerprint density at radius 2 is 1.57 bits per heavy atom. The third kappa shape index (κ3) is 7.78. The molecule has 0 amide bonds. The van der Waals surface area contributed by atoms with Crippen LogP contribution in [0.15, 0.2) is 91.4 Å². The molecule has 0 spiro atoms. The van der Waals surface area contributed by atoms with Gasteiger partial charge in [-0.25, -0.2) is 4.98 Å². The Hall–Kier alpha value is -4.47. The minimum Gasteiger partial charge on any atom is -0.509 e. The molecule has 3 heterocycles. The number of benzene rings is 4. The van der Waals surface area contributed by atoms with Gasteiger partial charge in [0.1, 0.15) is 5.82 Å². The summed E-state index contributed by atoms with van der Waals surface area (Å²) in [6, 6.07) is 33.1. The first-order chi connectivity index (χ1) is 24.9. The maximum absolute atomic E-state index is 6.65. The van der Waals surface area contributed by atoms with Gasteiger partial charge in [-0.2, -0.15) is 16.7 Å². The fraction of sp³-hybridized carbons (Fsp3) is 0.319. The van der Waals surface area contributed by atoms with E-state index in [2.05, 4.69) is 152 Å².